The number of nitrogens with zero attached hydrogens (tertiary/aromatic N) is 1. The van der Waals surface area contributed by atoms with Crippen molar-refractivity contribution < 1.29 is 23.8 Å². The first-order valence-corrected chi connectivity index (χ1v) is 11.6. The van der Waals surface area contributed by atoms with Gasteiger partial charge in [-0.05, 0) is 30.7 Å². The average molecular weight is 528 g/mol. The van der Waals surface area contributed by atoms with Crippen LogP contribution in [0.5, 0.6) is 11.5 Å². The highest BCUT2D eigenvalue weighted by Crippen LogP contribution is 2.45. The van der Waals surface area contributed by atoms with E-state index in [0.29, 0.717) is 34.3 Å². The van der Waals surface area contributed by atoms with Crippen LogP contribution in [0.2, 0.25) is 10.0 Å². The molecule has 0 radical (unpaired) electrons. The van der Waals surface area contributed by atoms with Gasteiger partial charge in [0.2, 0.25) is 5.91 Å². The Morgan fingerprint density at radius 1 is 1.19 bits per heavy atom. The smallest absolute Gasteiger partial charge is 0.247 e. The van der Waals surface area contributed by atoms with E-state index in [0.717, 1.165) is 5.56 Å². The van der Waals surface area contributed by atoms with Gasteiger partial charge in [-0.25, -0.2) is 4.99 Å². The van der Waals surface area contributed by atoms with E-state index in [2.05, 4.69) is 22.2 Å². The number of methoxy groups -OCH3 is 2. The molecule has 2 atom stereocenters. The number of anilines is 2. The van der Waals surface area contributed by atoms with Gasteiger partial charge in [-0.2, -0.15) is 0 Å². The first-order chi connectivity index (χ1) is 17.3. The molecule has 0 spiro atoms. The molecule has 186 valence electrons. The van der Waals surface area contributed by atoms with Crippen LogP contribution in [0.3, 0.4) is 0 Å². The van der Waals surface area contributed by atoms with Crippen LogP contribution in [0, 0.1) is 12.8 Å². The second kappa shape index (κ2) is 10.5. The molecule has 0 fully saturated rings. The second-order valence-electron chi connectivity index (χ2n) is 7.95. The standard InChI is InChI=1S/C26H23Cl2N3O5/c1-5-22(33)30-15-8-6-7-13(2)26(15)31-21-9-14-16(32)10-17(36-20(14)12-29-21)23-24(27)18(34-3)11-19(35-4)25(23)28/h5-12,14,20,31H,1H2,2-4H3,(H,30,33). The highest BCUT2D eigenvalue weighted by atomic mass is 35.5. The summed E-state index contributed by atoms with van der Waals surface area (Å²) in [6.07, 6.45) is 5.08. The molecule has 2 aromatic carbocycles. The third-order valence-electron chi connectivity index (χ3n) is 5.71. The number of aryl methyl sites for hydroxylation is 1. The first kappa shape index (κ1) is 25.3. The number of ketones is 1. The number of amides is 1. The molecule has 2 aromatic rings. The Balaban J connectivity index is 1.64. The lowest BCUT2D eigenvalue weighted by Gasteiger charge is -2.30. The monoisotopic (exact) mass is 527 g/mol. The molecule has 0 bridgehead atoms. The van der Waals surface area contributed by atoms with Crippen molar-refractivity contribution in [3.8, 4) is 11.5 Å². The van der Waals surface area contributed by atoms with Gasteiger partial charge in [0.15, 0.2) is 5.78 Å². The summed E-state index contributed by atoms with van der Waals surface area (Å²) in [5.74, 6) is 0.0941. The minimum absolute atomic E-state index is 0.193. The molecule has 2 aliphatic heterocycles. The maximum absolute atomic E-state index is 13.2. The van der Waals surface area contributed by atoms with Crippen LogP contribution in [0.15, 0.2) is 59.9 Å². The van der Waals surface area contributed by atoms with Gasteiger partial charge in [0, 0.05) is 18.4 Å². The molecule has 0 saturated heterocycles. The number of hydrogen-bond acceptors (Lipinski definition) is 7. The van der Waals surface area contributed by atoms with Crippen LogP contribution in [0.4, 0.5) is 11.4 Å². The Morgan fingerprint density at radius 2 is 1.89 bits per heavy atom. The lowest BCUT2D eigenvalue weighted by Crippen LogP contribution is -2.36. The number of nitrogens with one attached hydrogen (secondary N) is 2. The summed E-state index contributed by atoms with van der Waals surface area (Å²) >= 11 is 13.0. The molecule has 0 saturated carbocycles. The number of aliphatic imine (C=N–C) groups is 1. The predicted molar refractivity (Wildman–Crippen MR) is 141 cm³/mol. The minimum atomic E-state index is -0.677. The summed E-state index contributed by atoms with van der Waals surface area (Å²) in [5, 5.41) is 6.36. The van der Waals surface area contributed by atoms with Crippen LogP contribution in [-0.2, 0) is 14.3 Å². The highest BCUT2D eigenvalue weighted by molar-refractivity contribution is 6.39. The van der Waals surface area contributed by atoms with E-state index in [4.69, 9.17) is 37.4 Å². The zero-order valence-electron chi connectivity index (χ0n) is 19.7. The molecule has 1 amide bonds. The molecule has 8 nitrogen and oxygen atoms in total. The lowest BCUT2D eigenvalue weighted by molar-refractivity contribution is -0.119. The number of halogens is 2. The number of rotatable bonds is 7. The van der Waals surface area contributed by atoms with Crippen LogP contribution in [-0.4, -0.2) is 38.2 Å². The molecule has 2 heterocycles. The van der Waals surface area contributed by atoms with E-state index in [9.17, 15) is 9.59 Å². The summed E-state index contributed by atoms with van der Waals surface area (Å²) in [4.78, 5) is 29.4. The first-order valence-electron chi connectivity index (χ1n) is 10.9. The van der Waals surface area contributed by atoms with E-state index < -0.39 is 12.0 Å². The Kier molecular flexibility index (Phi) is 7.37. The van der Waals surface area contributed by atoms with Crippen molar-refractivity contribution in [1.29, 1.82) is 0 Å². The number of allylic oxidation sites excluding steroid dienone is 1. The zero-order valence-corrected chi connectivity index (χ0v) is 21.2. The number of para-hydroxylation sites is 1. The topological polar surface area (TPSA) is 98.3 Å². The van der Waals surface area contributed by atoms with Crippen molar-refractivity contribution in [3.05, 3.63) is 76.1 Å². The van der Waals surface area contributed by atoms with Gasteiger partial charge in [-0.1, -0.05) is 41.9 Å². The van der Waals surface area contributed by atoms with Gasteiger partial charge in [0.1, 0.15) is 29.2 Å². The van der Waals surface area contributed by atoms with Gasteiger partial charge >= 0.3 is 0 Å². The molecule has 10 heteroatoms. The van der Waals surface area contributed by atoms with Crippen LogP contribution >= 0.6 is 23.2 Å². The molecule has 36 heavy (non-hydrogen) atoms. The van der Waals surface area contributed by atoms with E-state index in [1.807, 2.05) is 19.1 Å². The largest absolute Gasteiger partial charge is 0.495 e. The van der Waals surface area contributed by atoms with Crippen LogP contribution in [0.1, 0.15) is 11.1 Å². The van der Waals surface area contributed by atoms with Crippen molar-refractivity contribution >= 4 is 58.2 Å². The number of fused-ring (bicyclic) bond motifs is 1. The fraction of sp³-hybridized carbons (Fsp3) is 0.192. The lowest BCUT2D eigenvalue weighted by atomic mass is 9.92. The van der Waals surface area contributed by atoms with Crippen molar-refractivity contribution in [3.63, 3.8) is 0 Å². The fourth-order valence-corrected chi connectivity index (χ4v) is 4.55. The SMILES string of the molecule is C=CC(=O)Nc1cccc(C)c1NC1=CC2C(=O)C=C(c3c(Cl)c(OC)cc(OC)c3Cl)OC2C=N1. The van der Waals surface area contributed by atoms with Gasteiger partial charge < -0.3 is 24.8 Å². The third kappa shape index (κ3) is 4.82. The van der Waals surface area contributed by atoms with Crippen molar-refractivity contribution in [1.82, 2.24) is 0 Å². The molecular formula is C26H23Cl2N3O5. The molecule has 2 unspecified atom stereocenters. The van der Waals surface area contributed by atoms with Crippen LogP contribution < -0.4 is 20.1 Å². The zero-order chi connectivity index (χ0) is 26.0. The second-order valence-corrected chi connectivity index (χ2v) is 8.71. The molecule has 4 rings (SSSR count). The fourth-order valence-electron chi connectivity index (χ4n) is 3.86. The number of ether oxygens (including phenoxy) is 3. The van der Waals surface area contributed by atoms with Crippen LogP contribution in [0.25, 0.3) is 5.76 Å². The molecule has 0 aliphatic carbocycles. The van der Waals surface area contributed by atoms with Gasteiger partial charge in [-0.15, -0.1) is 0 Å². The van der Waals surface area contributed by atoms with E-state index >= 15 is 0 Å². The van der Waals surface area contributed by atoms with Gasteiger partial charge in [0.25, 0.3) is 0 Å². The quantitative estimate of drug-likeness (QED) is 0.467. The Bertz CT molecular complexity index is 1320. The Labute approximate surface area is 218 Å². The number of carbonyl (C=O) groups is 2. The van der Waals surface area contributed by atoms with Crippen molar-refractivity contribution in [2.24, 2.45) is 10.9 Å². The number of carbonyl (C=O) groups excluding carboxylic acids is 2. The summed E-state index contributed by atoms with van der Waals surface area (Å²) in [5.41, 5.74) is 2.38. The highest BCUT2D eigenvalue weighted by Gasteiger charge is 2.36. The molecular weight excluding hydrogens is 505 g/mol. The van der Waals surface area contributed by atoms with Gasteiger partial charge in [0.05, 0.1) is 47.1 Å². The summed E-state index contributed by atoms with van der Waals surface area (Å²) < 4.78 is 16.7. The van der Waals surface area contributed by atoms with E-state index in [1.54, 1.807) is 18.2 Å². The maximum Gasteiger partial charge on any atom is 0.247 e. The van der Waals surface area contributed by atoms with Gasteiger partial charge in [-0.3, -0.25) is 9.59 Å². The Morgan fingerprint density at radius 3 is 2.53 bits per heavy atom. The maximum atomic E-state index is 13.2. The van der Waals surface area contributed by atoms with Crippen molar-refractivity contribution in [2.45, 2.75) is 13.0 Å². The normalized spacial score (nSPS) is 18.3. The predicted octanol–water partition coefficient (Wildman–Crippen LogP) is 5.41. The molecule has 2 aliphatic rings. The summed E-state index contributed by atoms with van der Waals surface area (Å²) in [6.45, 7) is 5.37. The van der Waals surface area contributed by atoms with E-state index in [-0.39, 0.29) is 27.5 Å². The van der Waals surface area contributed by atoms with Crippen molar-refractivity contribution in [2.75, 3.05) is 24.9 Å². The van der Waals surface area contributed by atoms with E-state index in [1.165, 1.54) is 32.6 Å². The number of benzene rings is 2. The molecule has 2 N–H and O–H groups in total. The Hall–Kier alpha value is -3.75. The molecule has 0 aromatic heterocycles. The summed E-state index contributed by atoms with van der Waals surface area (Å²) in [7, 11) is 2.93. The average Bonchev–Trinajstić information content (AvgIpc) is 2.86. The minimum Gasteiger partial charge on any atom is -0.495 e. The summed E-state index contributed by atoms with van der Waals surface area (Å²) in [6, 6.07) is 7.03. The third-order valence-corrected chi connectivity index (χ3v) is 6.46. The number of hydrogen-bond donors (Lipinski definition) is 2.